The lowest BCUT2D eigenvalue weighted by Crippen LogP contribution is -2.38. The second-order valence-electron chi connectivity index (χ2n) is 5.80. The van der Waals surface area contributed by atoms with E-state index < -0.39 is 0 Å². The van der Waals surface area contributed by atoms with Crippen molar-refractivity contribution < 1.29 is 0 Å². The zero-order valence-corrected chi connectivity index (χ0v) is 11.9. The average Bonchev–Trinajstić information content (AvgIpc) is 2.81. The van der Waals surface area contributed by atoms with Crippen molar-refractivity contribution in [3.8, 4) is 0 Å². The predicted molar refractivity (Wildman–Crippen MR) is 77.9 cm³/mol. The van der Waals surface area contributed by atoms with Gasteiger partial charge in [0.15, 0.2) is 0 Å². The summed E-state index contributed by atoms with van der Waals surface area (Å²) in [5.41, 5.74) is 4.56. The zero-order valence-electron chi connectivity index (χ0n) is 11.9. The van der Waals surface area contributed by atoms with Crippen molar-refractivity contribution in [3.63, 3.8) is 0 Å². The van der Waals surface area contributed by atoms with Crippen LogP contribution in [0.15, 0.2) is 18.2 Å². The highest BCUT2D eigenvalue weighted by molar-refractivity contribution is 5.35. The van der Waals surface area contributed by atoms with Gasteiger partial charge in [0.05, 0.1) is 0 Å². The smallest absolute Gasteiger partial charge is 0.0208 e. The van der Waals surface area contributed by atoms with Crippen molar-refractivity contribution in [1.82, 2.24) is 10.6 Å². The van der Waals surface area contributed by atoms with E-state index >= 15 is 0 Å². The predicted octanol–water partition coefficient (Wildman–Crippen LogP) is 2.65. The van der Waals surface area contributed by atoms with Gasteiger partial charge in [0.25, 0.3) is 0 Å². The summed E-state index contributed by atoms with van der Waals surface area (Å²) in [4.78, 5) is 0. The van der Waals surface area contributed by atoms with Crippen LogP contribution in [0.2, 0.25) is 0 Å². The Bertz CT molecular complexity index is 385. The Hall–Kier alpha value is -0.860. The van der Waals surface area contributed by atoms with Crippen LogP contribution < -0.4 is 10.6 Å². The molecule has 1 aliphatic rings. The molecule has 1 unspecified atom stereocenters. The second-order valence-corrected chi connectivity index (χ2v) is 5.80. The van der Waals surface area contributed by atoms with Crippen LogP contribution >= 0.6 is 0 Å². The molecular weight excluding hydrogens is 220 g/mol. The third kappa shape index (κ3) is 3.82. The number of nitrogens with one attached hydrogen (secondary N) is 2. The molecule has 1 aliphatic carbocycles. The van der Waals surface area contributed by atoms with Gasteiger partial charge in [-0.2, -0.15) is 0 Å². The highest BCUT2D eigenvalue weighted by Gasteiger charge is 2.11. The van der Waals surface area contributed by atoms with Gasteiger partial charge in [-0.15, -0.1) is 0 Å². The van der Waals surface area contributed by atoms with Crippen LogP contribution in [0.25, 0.3) is 0 Å². The largest absolute Gasteiger partial charge is 0.313 e. The van der Waals surface area contributed by atoms with Crippen molar-refractivity contribution >= 4 is 0 Å². The van der Waals surface area contributed by atoms with Gasteiger partial charge in [-0.3, -0.25) is 0 Å². The van der Waals surface area contributed by atoms with E-state index in [1.54, 1.807) is 11.1 Å². The van der Waals surface area contributed by atoms with Crippen LogP contribution in [-0.4, -0.2) is 18.6 Å². The van der Waals surface area contributed by atoms with Gasteiger partial charge in [0, 0.05) is 25.2 Å². The molecule has 0 fully saturated rings. The van der Waals surface area contributed by atoms with Crippen LogP contribution in [0.3, 0.4) is 0 Å². The number of hydrogen-bond acceptors (Lipinski definition) is 2. The number of aryl methyl sites for hydroxylation is 2. The molecule has 0 spiro atoms. The lowest BCUT2D eigenvalue weighted by atomic mass is 10.1. The fraction of sp³-hybridized carbons (Fsp3) is 0.625. The summed E-state index contributed by atoms with van der Waals surface area (Å²) in [6.45, 7) is 8.63. The molecule has 1 aromatic rings. The highest BCUT2D eigenvalue weighted by atomic mass is 15.0. The Morgan fingerprint density at radius 3 is 2.61 bits per heavy atom. The second kappa shape index (κ2) is 6.35. The molecule has 2 heteroatoms. The highest BCUT2D eigenvalue weighted by Crippen LogP contribution is 2.22. The van der Waals surface area contributed by atoms with Crippen LogP contribution in [0.1, 0.15) is 43.9 Å². The van der Waals surface area contributed by atoms with Gasteiger partial charge in [0.1, 0.15) is 0 Å². The first kappa shape index (κ1) is 13.6. The van der Waals surface area contributed by atoms with E-state index in [1.165, 1.54) is 24.8 Å². The van der Waals surface area contributed by atoms with Crippen LogP contribution in [0.4, 0.5) is 0 Å². The average molecular weight is 246 g/mol. The van der Waals surface area contributed by atoms with Crippen molar-refractivity contribution in [3.05, 3.63) is 34.9 Å². The minimum atomic E-state index is 0.514. The maximum atomic E-state index is 3.58. The standard InChI is InChI=1S/C16H26N2/c1-12(2)17-10-13(3)18-11-14-7-8-15-5-4-6-16(15)9-14/h7-9,12-13,17-18H,4-6,10-11H2,1-3H3. The molecular formula is C16H26N2. The van der Waals surface area contributed by atoms with Gasteiger partial charge < -0.3 is 10.6 Å². The molecule has 0 saturated heterocycles. The molecule has 0 aliphatic heterocycles. The fourth-order valence-electron chi connectivity index (χ4n) is 2.51. The van der Waals surface area contributed by atoms with Crippen LogP contribution in [0.5, 0.6) is 0 Å². The first-order chi connectivity index (χ1) is 8.65. The van der Waals surface area contributed by atoms with Gasteiger partial charge in [-0.05, 0) is 42.9 Å². The van der Waals surface area contributed by atoms with E-state index in [-0.39, 0.29) is 0 Å². The zero-order chi connectivity index (χ0) is 13.0. The summed E-state index contributed by atoms with van der Waals surface area (Å²) in [5, 5.41) is 7.04. The Morgan fingerprint density at radius 2 is 1.83 bits per heavy atom. The summed E-state index contributed by atoms with van der Waals surface area (Å²) < 4.78 is 0. The number of benzene rings is 1. The molecule has 100 valence electrons. The van der Waals surface area contributed by atoms with Gasteiger partial charge in [-0.1, -0.05) is 32.0 Å². The molecule has 1 aromatic carbocycles. The maximum absolute atomic E-state index is 3.58. The van der Waals surface area contributed by atoms with Crippen molar-refractivity contribution in [2.45, 2.75) is 58.7 Å². The Labute approximate surface area is 111 Å². The van der Waals surface area contributed by atoms with E-state index in [1.807, 2.05) is 0 Å². The molecule has 2 nitrogen and oxygen atoms in total. The van der Waals surface area contributed by atoms with Crippen molar-refractivity contribution in [1.29, 1.82) is 0 Å². The Kier molecular flexibility index (Phi) is 4.79. The summed E-state index contributed by atoms with van der Waals surface area (Å²) in [6, 6.07) is 8.06. The third-order valence-electron chi connectivity index (χ3n) is 3.65. The van der Waals surface area contributed by atoms with Gasteiger partial charge >= 0.3 is 0 Å². The number of fused-ring (bicyclic) bond motifs is 1. The van der Waals surface area contributed by atoms with E-state index in [9.17, 15) is 0 Å². The molecule has 0 radical (unpaired) electrons. The van der Waals surface area contributed by atoms with E-state index in [0.717, 1.165) is 13.1 Å². The molecule has 0 heterocycles. The molecule has 0 saturated carbocycles. The minimum absolute atomic E-state index is 0.514. The monoisotopic (exact) mass is 246 g/mol. The molecule has 0 bridgehead atoms. The molecule has 18 heavy (non-hydrogen) atoms. The van der Waals surface area contributed by atoms with E-state index in [2.05, 4.69) is 49.6 Å². The minimum Gasteiger partial charge on any atom is -0.313 e. The molecule has 0 amide bonds. The number of hydrogen-bond donors (Lipinski definition) is 2. The Balaban J connectivity index is 1.79. The lowest BCUT2D eigenvalue weighted by molar-refractivity contribution is 0.474. The van der Waals surface area contributed by atoms with Crippen molar-refractivity contribution in [2.24, 2.45) is 0 Å². The van der Waals surface area contributed by atoms with Gasteiger partial charge in [-0.25, -0.2) is 0 Å². The summed E-state index contributed by atoms with van der Waals surface area (Å²) in [6.07, 6.45) is 3.88. The molecule has 2 rings (SSSR count). The first-order valence-corrected chi connectivity index (χ1v) is 7.22. The SMILES string of the molecule is CC(C)NCC(C)NCc1ccc2c(c1)CCC2. The summed E-state index contributed by atoms with van der Waals surface area (Å²) in [5.74, 6) is 0. The number of rotatable bonds is 6. The lowest BCUT2D eigenvalue weighted by Gasteiger charge is -2.17. The Morgan fingerprint density at radius 1 is 1.06 bits per heavy atom. The normalized spacial score (nSPS) is 16.0. The third-order valence-corrected chi connectivity index (χ3v) is 3.65. The van der Waals surface area contributed by atoms with Crippen LogP contribution in [-0.2, 0) is 19.4 Å². The quantitative estimate of drug-likeness (QED) is 0.806. The fourth-order valence-corrected chi connectivity index (χ4v) is 2.51. The first-order valence-electron chi connectivity index (χ1n) is 7.22. The summed E-state index contributed by atoms with van der Waals surface area (Å²) >= 11 is 0. The van der Waals surface area contributed by atoms with E-state index in [4.69, 9.17) is 0 Å². The maximum Gasteiger partial charge on any atom is 0.0208 e. The topological polar surface area (TPSA) is 24.1 Å². The molecule has 2 N–H and O–H groups in total. The molecule has 1 atom stereocenters. The van der Waals surface area contributed by atoms with Gasteiger partial charge in [0.2, 0.25) is 0 Å². The van der Waals surface area contributed by atoms with E-state index in [0.29, 0.717) is 12.1 Å². The summed E-state index contributed by atoms with van der Waals surface area (Å²) in [7, 11) is 0. The van der Waals surface area contributed by atoms with Crippen LogP contribution in [0, 0.1) is 0 Å². The molecule has 0 aromatic heterocycles. The van der Waals surface area contributed by atoms with Crippen molar-refractivity contribution in [2.75, 3.05) is 6.54 Å².